The van der Waals surface area contributed by atoms with Crippen molar-refractivity contribution in [1.82, 2.24) is 19.1 Å². The van der Waals surface area contributed by atoms with Crippen LogP contribution in [0.25, 0.3) is 121 Å². The number of aromatic nitrogens is 4. The number of para-hydroxylation sites is 3. The Morgan fingerprint density at radius 3 is 1.73 bits per heavy atom. The van der Waals surface area contributed by atoms with E-state index >= 15 is 0 Å². The van der Waals surface area contributed by atoms with Crippen LogP contribution in [0.4, 0.5) is 0 Å². The molecule has 13 rings (SSSR count). The molecule has 0 amide bonds. The second-order valence-corrected chi connectivity index (χ2v) is 15.7. The van der Waals surface area contributed by atoms with Crippen molar-refractivity contribution in [1.29, 1.82) is 0 Å². The molecule has 0 spiro atoms. The van der Waals surface area contributed by atoms with Gasteiger partial charge in [0.25, 0.3) is 0 Å². The highest BCUT2D eigenvalue weighted by Gasteiger charge is 2.22. The van der Waals surface area contributed by atoms with Crippen molar-refractivity contribution in [2.24, 2.45) is 0 Å². The van der Waals surface area contributed by atoms with Gasteiger partial charge >= 0.3 is 0 Å². The molecule has 0 aliphatic rings. The first-order valence-corrected chi connectivity index (χ1v) is 20.5. The molecule has 10 aromatic carbocycles. The fraction of sp³-hybridized carbons (Fsp3) is 0. The van der Waals surface area contributed by atoms with Crippen molar-refractivity contribution < 1.29 is 0 Å². The van der Waals surface area contributed by atoms with E-state index in [0.29, 0.717) is 0 Å². The van der Waals surface area contributed by atoms with Gasteiger partial charge in [-0.15, -0.1) is 0 Å². The summed E-state index contributed by atoms with van der Waals surface area (Å²) in [5, 5.41) is 12.2. The Hall–Kier alpha value is -8.08. The second-order valence-electron chi connectivity index (χ2n) is 15.7. The molecule has 278 valence electrons. The molecule has 0 aliphatic heterocycles. The van der Waals surface area contributed by atoms with Crippen molar-refractivity contribution in [3.05, 3.63) is 206 Å². The van der Waals surface area contributed by atoms with Gasteiger partial charge in [0.2, 0.25) is 0 Å². The molecule has 0 radical (unpaired) electrons. The van der Waals surface area contributed by atoms with Crippen LogP contribution in [0.15, 0.2) is 206 Å². The number of hydrogen-bond acceptors (Lipinski definition) is 2. The van der Waals surface area contributed by atoms with E-state index in [1.807, 2.05) is 12.1 Å². The van der Waals surface area contributed by atoms with Crippen LogP contribution < -0.4 is 0 Å². The summed E-state index contributed by atoms with van der Waals surface area (Å²) in [6.07, 6.45) is 0. The van der Waals surface area contributed by atoms with Gasteiger partial charge in [-0.2, -0.15) is 0 Å². The van der Waals surface area contributed by atoms with Gasteiger partial charge in [-0.3, -0.25) is 4.57 Å². The van der Waals surface area contributed by atoms with Gasteiger partial charge < -0.3 is 4.57 Å². The van der Waals surface area contributed by atoms with Crippen LogP contribution in [0.5, 0.6) is 0 Å². The molecule has 0 unspecified atom stereocenters. The van der Waals surface area contributed by atoms with Crippen LogP contribution in [0, 0.1) is 0 Å². The predicted octanol–water partition coefficient (Wildman–Crippen LogP) is 14.6. The third-order valence-corrected chi connectivity index (χ3v) is 12.5. The Kier molecular flexibility index (Phi) is 6.98. The summed E-state index contributed by atoms with van der Waals surface area (Å²) in [4.78, 5) is 10.9. The van der Waals surface area contributed by atoms with Gasteiger partial charge in [-0.1, -0.05) is 164 Å². The highest BCUT2D eigenvalue weighted by molar-refractivity contribution is 6.23. The Balaban J connectivity index is 1.09. The third-order valence-electron chi connectivity index (χ3n) is 12.5. The van der Waals surface area contributed by atoms with Gasteiger partial charge in [0.1, 0.15) is 5.69 Å². The number of benzene rings is 10. The Morgan fingerprint density at radius 1 is 0.333 bits per heavy atom. The first-order valence-electron chi connectivity index (χ1n) is 20.5. The van der Waals surface area contributed by atoms with Crippen LogP contribution >= 0.6 is 0 Å². The summed E-state index contributed by atoms with van der Waals surface area (Å²) in [5.74, 6) is 0.803. The highest BCUT2D eigenvalue weighted by Crippen LogP contribution is 2.42. The maximum atomic E-state index is 5.48. The number of nitrogens with zero attached hydrogens (tertiary/aromatic N) is 4. The van der Waals surface area contributed by atoms with Crippen molar-refractivity contribution in [2.45, 2.75) is 0 Å². The summed E-state index contributed by atoms with van der Waals surface area (Å²) >= 11 is 0. The van der Waals surface area contributed by atoms with E-state index in [4.69, 9.17) is 9.97 Å². The largest absolute Gasteiger partial charge is 0.309 e. The summed E-state index contributed by atoms with van der Waals surface area (Å²) in [7, 11) is 0. The predicted molar refractivity (Wildman–Crippen MR) is 252 cm³/mol. The first kappa shape index (κ1) is 32.9. The average molecular weight is 763 g/mol. The van der Waals surface area contributed by atoms with Crippen LogP contribution in [-0.2, 0) is 0 Å². The van der Waals surface area contributed by atoms with Crippen LogP contribution in [0.3, 0.4) is 0 Å². The fourth-order valence-corrected chi connectivity index (χ4v) is 9.77. The van der Waals surface area contributed by atoms with Gasteiger partial charge in [-0.05, 0) is 80.5 Å². The molecule has 3 aromatic heterocycles. The molecule has 0 fully saturated rings. The van der Waals surface area contributed by atoms with Crippen molar-refractivity contribution in [3.8, 4) is 33.9 Å². The monoisotopic (exact) mass is 762 g/mol. The van der Waals surface area contributed by atoms with Crippen molar-refractivity contribution >= 4 is 87.0 Å². The normalized spacial score (nSPS) is 12.0. The van der Waals surface area contributed by atoms with Gasteiger partial charge in [0.15, 0.2) is 5.82 Å². The first-order chi connectivity index (χ1) is 29.8. The maximum Gasteiger partial charge on any atom is 0.165 e. The van der Waals surface area contributed by atoms with Crippen molar-refractivity contribution in [2.75, 3.05) is 0 Å². The maximum absolute atomic E-state index is 5.48. The SMILES string of the molecule is c1ccc2c(-c3ccc(-c4nc5ccccc5nc4-n4c5ccc(-n6c7ccccc7c7ccc8ccccc8c76)cc5c5c6ccccc6ccc54)cc3)cccc2c1. The lowest BCUT2D eigenvalue weighted by Gasteiger charge is -2.15. The Labute approximate surface area is 344 Å². The zero-order chi connectivity index (χ0) is 39.3. The quantitative estimate of drug-likeness (QED) is 0.179. The lowest BCUT2D eigenvalue weighted by molar-refractivity contribution is 1.08. The summed E-state index contributed by atoms with van der Waals surface area (Å²) < 4.78 is 4.80. The molecule has 0 aliphatic carbocycles. The van der Waals surface area contributed by atoms with Crippen LogP contribution in [0.2, 0.25) is 0 Å². The minimum atomic E-state index is 0.803. The van der Waals surface area contributed by atoms with Crippen LogP contribution in [0.1, 0.15) is 0 Å². The second kappa shape index (κ2) is 12.7. The van der Waals surface area contributed by atoms with E-state index in [1.54, 1.807) is 0 Å². The van der Waals surface area contributed by atoms with E-state index in [0.717, 1.165) is 50.2 Å². The molecule has 4 nitrogen and oxygen atoms in total. The molecule has 3 heterocycles. The minimum Gasteiger partial charge on any atom is -0.309 e. The molecule has 0 saturated heterocycles. The zero-order valence-electron chi connectivity index (χ0n) is 32.4. The molecule has 13 aromatic rings. The topological polar surface area (TPSA) is 35.6 Å². The number of fused-ring (bicyclic) bond motifs is 12. The van der Waals surface area contributed by atoms with E-state index in [1.165, 1.54) is 70.6 Å². The molecule has 60 heavy (non-hydrogen) atoms. The average Bonchev–Trinajstić information content (AvgIpc) is 3.84. The number of rotatable bonds is 4. The summed E-state index contributed by atoms with van der Waals surface area (Å²) in [5.41, 5.74) is 11.6. The lowest BCUT2D eigenvalue weighted by Crippen LogP contribution is -2.04. The minimum absolute atomic E-state index is 0.803. The zero-order valence-corrected chi connectivity index (χ0v) is 32.4. The standard InChI is InChI=1S/C56H34N4/c1-4-16-41-35(12-1)15-11-20-42(41)38-24-26-39(27-25-38)54-56(58-49-22-9-8-21-48(49)57-54)60-51-33-30-40(34-47(51)53-43-17-5-2-13-36(43)29-32-52(53)60)59-50-23-10-7-19-45(50)46-31-28-37-14-3-6-18-44(37)55(46)59/h1-34H. The molecular formula is C56H34N4. The van der Waals surface area contributed by atoms with Crippen molar-refractivity contribution in [3.63, 3.8) is 0 Å². The van der Waals surface area contributed by atoms with E-state index in [2.05, 4.69) is 203 Å². The van der Waals surface area contributed by atoms with Crippen LogP contribution in [-0.4, -0.2) is 19.1 Å². The van der Waals surface area contributed by atoms with Gasteiger partial charge in [0, 0.05) is 38.2 Å². The van der Waals surface area contributed by atoms with E-state index in [-0.39, 0.29) is 0 Å². The highest BCUT2D eigenvalue weighted by atomic mass is 15.1. The lowest BCUT2D eigenvalue weighted by atomic mass is 9.97. The molecule has 4 heteroatoms. The Bertz CT molecular complexity index is 3880. The third kappa shape index (κ3) is 4.79. The van der Waals surface area contributed by atoms with Gasteiger partial charge in [-0.25, -0.2) is 9.97 Å². The molecule has 0 bridgehead atoms. The van der Waals surface area contributed by atoms with E-state index < -0.39 is 0 Å². The Morgan fingerprint density at radius 2 is 0.917 bits per heavy atom. The van der Waals surface area contributed by atoms with E-state index in [9.17, 15) is 0 Å². The smallest absolute Gasteiger partial charge is 0.165 e. The fourth-order valence-electron chi connectivity index (χ4n) is 9.77. The molecular weight excluding hydrogens is 729 g/mol. The summed E-state index contributed by atoms with van der Waals surface area (Å²) in [6, 6.07) is 74.4. The number of hydrogen-bond donors (Lipinski definition) is 0. The van der Waals surface area contributed by atoms with Gasteiger partial charge in [0.05, 0.1) is 33.1 Å². The molecule has 0 N–H and O–H groups in total. The molecule has 0 atom stereocenters. The summed E-state index contributed by atoms with van der Waals surface area (Å²) in [6.45, 7) is 0. The molecule has 0 saturated carbocycles.